The molecule has 10 heteroatoms. The minimum Gasteiger partial charge on any atom is -0.465 e. The Morgan fingerprint density at radius 3 is 2.54 bits per heavy atom. The van der Waals surface area contributed by atoms with E-state index in [1.165, 1.54) is 22.8 Å². The molecule has 0 aliphatic carbocycles. The summed E-state index contributed by atoms with van der Waals surface area (Å²) >= 11 is 1.08. The number of carbonyl (C=O) groups is 2. The van der Waals surface area contributed by atoms with Crippen molar-refractivity contribution in [1.82, 2.24) is 4.57 Å². The molecule has 1 heterocycles. The molecule has 146 valence electrons. The lowest BCUT2D eigenvalue weighted by atomic mass is 10.2. The Morgan fingerprint density at radius 1 is 1.18 bits per heavy atom. The van der Waals surface area contributed by atoms with Crippen LogP contribution in [0, 0.1) is 0 Å². The summed E-state index contributed by atoms with van der Waals surface area (Å²) in [6.07, 6.45) is 0. The number of hydrogen-bond donors (Lipinski definition) is 1. The van der Waals surface area contributed by atoms with Gasteiger partial charge in [0.2, 0.25) is 10.0 Å². The Hall–Kier alpha value is -2.82. The lowest BCUT2D eigenvalue weighted by Gasteiger charge is -2.05. The van der Waals surface area contributed by atoms with Gasteiger partial charge in [-0.1, -0.05) is 29.5 Å². The number of carbonyl (C=O) groups excluding carboxylic acids is 2. The van der Waals surface area contributed by atoms with Gasteiger partial charge in [-0.15, -0.1) is 0 Å². The first-order valence-electron chi connectivity index (χ1n) is 8.25. The van der Waals surface area contributed by atoms with Crippen LogP contribution in [0.2, 0.25) is 0 Å². The van der Waals surface area contributed by atoms with Gasteiger partial charge in [-0.05, 0) is 37.3 Å². The Kier molecular flexibility index (Phi) is 5.73. The number of ether oxygens (including phenoxy) is 1. The maximum Gasteiger partial charge on any atom is 0.326 e. The van der Waals surface area contributed by atoms with Crippen LogP contribution in [-0.2, 0) is 26.1 Å². The predicted octanol–water partition coefficient (Wildman–Crippen LogP) is 1.65. The molecule has 1 amide bonds. The maximum absolute atomic E-state index is 12.5. The van der Waals surface area contributed by atoms with Crippen molar-refractivity contribution >= 4 is 43.5 Å². The van der Waals surface area contributed by atoms with Crippen LogP contribution in [0.4, 0.5) is 0 Å². The number of hydrogen-bond acceptors (Lipinski definition) is 6. The number of thiazole rings is 1. The second kappa shape index (κ2) is 8.05. The summed E-state index contributed by atoms with van der Waals surface area (Å²) in [5.74, 6) is -0.970. The van der Waals surface area contributed by atoms with Gasteiger partial charge < -0.3 is 9.30 Å². The van der Waals surface area contributed by atoms with E-state index in [1.54, 1.807) is 37.3 Å². The van der Waals surface area contributed by atoms with Crippen LogP contribution in [0.25, 0.3) is 10.2 Å². The Morgan fingerprint density at radius 2 is 1.89 bits per heavy atom. The zero-order valence-electron chi connectivity index (χ0n) is 14.9. The zero-order chi connectivity index (χ0) is 20.3. The van der Waals surface area contributed by atoms with Gasteiger partial charge in [-0.2, -0.15) is 4.99 Å². The van der Waals surface area contributed by atoms with Gasteiger partial charge in [0, 0.05) is 5.56 Å². The molecule has 8 nitrogen and oxygen atoms in total. The number of amides is 1. The number of nitrogens with two attached hydrogens (primary N) is 1. The molecule has 2 aromatic carbocycles. The molecule has 0 saturated carbocycles. The Balaban J connectivity index is 2.17. The van der Waals surface area contributed by atoms with Crippen molar-refractivity contribution in [2.75, 3.05) is 6.61 Å². The molecular formula is C18H17N3O5S2. The van der Waals surface area contributed by atoms with Gasteiger partial charge in [0.25, 0.3) is 5.91 Å². The molecular weight excluding hydrogens is 402 g/mol. The molecule has 0 unspecified atom stereocenters. The first kappa shape index (κ1) is 19.9. The van der Waals surface area contributed by atoms with Crippen LogP contribution >= 0.6 is 11.3 Å². The fourth-order valence-electron chi connectivity index (χ4n) is 2.54. The number of benzene rings is 2. The van der Waals surface area contributed by atoms with E-state index >= 15 is 0 Å². The summed E-state index contributed by atoms with van der Waals surface area (Å²) in [6.45, 7) is 1.74. The lowest BCUT2D eigenvalue weighted by Crippen LogP contribution is -2.23. The third-order valence-corrected chi connectivity index (χ3v) is 5.75. The first-order valence-corrected chi connectivity index (χ1v) is 10.6. The number of primary sulfonamides is 1. The van der Waals surface area contributed by atoms with Crippen molar-refractivity contribution in [1.29, 1.82) is 0 Å². The normalized spacial score (nSPS) is 12.3. The minimum atomic E-state index is -3.89. The highest BCUT2D eigenvalue weighted by Gasteiger charge is 2.15. The molecule has 3 rings (SSSR count). The molecule has 3 aromatic rings. The molecule has 0 atom stereocenters. The standard InChI is InChI=1S/C18H17N3O5S2/c1-2-26-16(22)11-21-14-9-8-13(28(19,24)25)10-15(14)27-18(21)20-17(23)12-6-4-3-5-7-12/h3-10H,2,11H2,1H3,(H2,19,24,25). The number of aromatic nitrogens is 1. The van der Waals surface area contributed by atoms with Gasteiger partial charge in [0.1, 0.15) is 6.54 Å². The monoisotopic (exact) mass is 419 g/mol. The van der Waals surface area contributed by atoms with Gasteiger partial charge in [-0.25, -0.2) is 13.6 Å². The van der Waals surface area contributed by atoms with Gasteiger partial charge in [-0.3, -0.25) is 9.59 Å². The van der Waals surface area contributed by atoms with Crippen LogP contribution in [0.3, 0.4) is 0 Å². The molecule has 0 spiro atoms. The highest BCUT2D eigenvalue weighted by Crippen LogP contribution is 2.21. The fourth-order valence-corrected chi connectivity index (χ4v) is 4.22. The summed E-state index contributed by atoms with van der Waals surface area (Å²) in [6, 6.07) is 12.7. The summed E-state index contributed by atoms with van der Waals surface area (Å²) in [5, 5.41) is 5.19. The zero-order valence-corrected chi connectivity index (χ0v) is 16.5. The van der Waals surface area contributed by atoms with E-state index in [0.29, 0.717) is 15.8 Å². The van der Waals surface area contributed by atoms with E-state index in [1.807, 2.05) is 0 Å². The highest BCUT2D eigenvalue weighted by atomic mass is 32.2. The van der Waals surface area contributed by atoms with Crippen molar-refractivity contribution in [2.45, 2.75) is 18.4 Å². The van der Waals surface area contributed by atoms with Crippen molar-refractivity contribution in [3.8, 4) is 0 Å². The largest absolute Gasteiger partial charge is 0.465 e. The van der Waals surface area contributed by atoms with Crippen LogP contribution in [0.1, 0.15) is 17.3 Å². The van der Waals surface area contributed by atoms with Crippen LogP contribution in [-0.4, -0.2) is 31.5 Å². The molecule has 28 heavy (non-hydrogen) atoms. The number of esters is 1. The molecule has 0 saturated heterocycles. The van der Waals surface area contributed by atoms with Crippen molar-refractivity contribution < 1.29 is 22.7 Å². The quantitative estimate of drug-likeness (QED) is 0.631. The average Bonchev–Trinajstić information content (AvgIpc) is 2.98. The van der Waals surface area contributed by atoms with Crippen LogP contribution in [0.5, 0.6) is 0 Å². The van der Waals surface area contributed by atoms with E-state index in [4.69, 9.17) is 9.88 Å². The first-order chi connectivity index (χ1) is 13.3. The molecule has 0 fully saturated rings. The van der Waals surface area contributed by atoms with E-state index in [9.17, 15) is 18.0 Å². The summed E-state index contributed by atoms with van der Waals surface area (Å²) < 4.78 is 30.3. The smallest absolute Gasteiger partial charge is 0.326 e. The number of nitrogens with zero attached hydrogens (tertiary/aromatic N) is 2. The molecule has 2 N–H and O–H groups in total. The lowest BCUT2D eigenvalue weighted by molar-refractivity contribution is -0.143. The predicted molar refractivity (Wildman–Crippen MR) is 104 cm³/mol. The van der Waals surface area contributed by atoms with E-state index in [-0.39, 0.29) is 22.8 Å². The van der Waals surface area contributed by atoms with Crippen LogP contribution in [0.15, 0.2) is 58.4 Å². The second-order valence-corrected chi connectivity index (χ2v) is 8.30. The SMILES string of the molecule is CCOC(=O)Cn1c(=NC(=O)c2ccccc2)sc2cc(S(N)(=O)=O)ccc21. The van der Waals surface area contributed by atoms with E-state index in [2.05, 4.69) is 4.99 Å². The van der Waals surface area contributed by atoms with E-state index < -0.39 is 21.9 Å². The van der Waals surface area contributed by atoms with Crippen molar-refractivity contribution in [3.63, 3.8) is 0 Å². The number of sulfonamides is 1. The number of fused-ring (bicyclic) bond motifs is 1. The van der Waals surface area contributed by atoms with E-state index in [0.717, 1.165) is 11.3 Å². The second-order valence-electron chi connectivity index (χ2n) is 5.73. The fraction of sp³-hybridized carbons (Fsp3) is 0.167. The third kappa shape index (κ3) is 4.35. The van der Waals surface area contributed by atoms with Gasteiger partial charge in [0.05, 0.1) is 21.7 Å². The molecule has 0 aliphatic heterocycles. The van der Waals surface area contributed by atoms with Gasteiger partial charge in [0.15, 0.2) is 4.80 Å². The Bertz CT molecular complexity index is 1210. The topological polar surface area (TPSA) is 121 Å². The van der Waals surface area contributed by atoms with Gasteiger partial charge >= 0.3 is 5.97 Å². The summed E-state index contributed by atoms with van der Waals surface area (Å²) in [4.78, 5) is 28.8. The summed E-state index contributed by atoms with van der Waals surface area (Å²) in [7, 11) is -3.89. The average molecular weight is 419 g/mol. The summed E-state index contributed by atoms with van der Waals surface area (Å²) in [5.41, 5.74) is 0.943. The highest BCUT2D eigenvalue weighted by molar-refractivity contribution is 7.89. The maximum atomic E-state index is 12.5. The molecule has 0 aliphatic rings. The molecule has 0 radical (unpaired) electrons. The Labute approximate surface area is 164 Å². The van der Waals surface area contributed by atoms with Crippen LogP contribution < -0.4 is 9.94 Å². The van der Waals surface area contributed by atoms with Crippen molar-refractivity contribution in [3.05, 3.63) is 58.9 Å². The van der Waals surface area contributed by atoms with Crippen molar-refractivity contribution in [2.24, 2.45) is 10.1 Å². The number of rotatable bonds is 5. The molecule has 1 aromatic heterocycles. The molecule has 0 bridgehead atoms. The third-order valence-electron chi connectivity index (χ3n) is 3.79. The minimum absolute atomic E-state index is 0.0644.